The minimum Gasteiger partial charge on any atom is -0.507 e. The monoisotopic (exact) mass is 1080 g/mol. The molecule has 3 atom stereocenters. The lowest BCUT2D eigenvalue weighted by Crippen LogP contribution is -2.78. The van der Waals surface area contributed by atoms with Crippen LogP contribution in [0.2, 0.25) is 0 Å². The summed E-state index contributed by atoms with van der Waals surface area (Å²) in [6.07, 6.45) is 1.85. The molecule has 0 aliphatic heterocycles. The summed E-state index contributed by atoms with van der Waals surface area (Å²) in [5.74, 6) is -7.83. The minimum absolute atomic E-state index is 0.0105. The van der Waals surface area contributed by atoms with E-state index in [0.29, 0.717) is 35.7 Å². The average molecular weight is 1090 g/mol. The standard InChI is InChI=1S/C46H73N11O17S/c1-26-28(11-12-33(60)50-15-19-72-16-8-20-75)39(66)27(2)38(40(26)67)46(3,4)22-37(65)73-17-7-18-74-45(71)52-14-6-10-32(59)53-23-34(61)55-29(9-5-13-51-44(48)49)42(69)54-24-35(62)56-30(21-36(63)64)43(70)57-31(25-58)41(47)68/h11-12,29-31,58,66-67,75H,5-10,13-25H2,1-4H3,(H2,47,68)(H,50,60)(H,52,71)(H,53,59)(H,54,69)(H,55,61)(H,56,62)(H,57,70)(H,63,64)(H4,48,49,51)/p+1. The van der Waals surface area contributed by atoms with Crippen molar-refractivity contribution in [2.24, 2.45) is 17.2 Å². The van der Waals surface area contributed by atoms with E-state index in [9.17, 15) is 68.4 Å². The van der Waals surface area contributed by atoms with Crippen molar-refractivity contribution in [3.63, 3.8) is 0 Å². The highest BCUT2D eigenvalue weighted by molar-refractivity contribution is 7.80. The summed E-state index contributed by atoms with van der Waals surface area (Å²) < 4.78 is 15.8. The normalized spacial score (nSPS) is 12.2. The highest BCUT2D eigenvalue weighted by Crippen LogP contribution is 2.44. The second kappa shape index (κ2) is 34.9. The molecule has 0 heterocycles. The van der Waals surface area contributed by atoms with E-state index in [1.54, 1.807) is 27.7 Å². The number of rotatable bonds is 36. The summed E-state index contributed by atoms with van der Waals surface area (Å²) in [6, 6.07) is -4.57. The summed E-state index contributed by atoms with van der Waals surface area (Å²) in [5.41, 5.74) is 16.0. The fraction of sp³-hybridized carbons (Fsp3) is 0.587. The molecule has 75 heavy (non-hydrogen) atoms. The molecule has 1 aromatic rings. The lowest BCUT2D eigenvalue weighted by Gasteiger charge is -2.29. The van der Waals surface area contributed by atoms with Gasteiger partial charge >= 0.3 is 24.0 Å². The van der Waals surface area contributed by atoms with Crippen molar-refractivity contribution in [3.8, 4) is 11.5 Å². The highest BCUT2D eigenvalue weighted by atomic mass is 32.1. The molecule has 0 bridgehead atoms. The van der Waals surface area contributed by atoms with Crippen LogP contribution in [-0.2, 0) is 62.8 Å². The molecule has 420 valence electrons. The SMILES string of the molecule is Cc1c(O)c(C(C)(C)CC(=O)OCCCOC(=O)NCCCC(=O)NCC(=O)NC(CCC[NH+]=C(N)N)C(=O)NCC(=O)NC(CC(=O)O)C(=O)NC(CO)C(N)=O)c(C)c(O)c1C=CC(=O)NCCOCCCS. The molecule has 0 aliphatic rings. The van der Waals surface area contributed by atoms with E-state index in [1.807, 2.05) is 5.32 Å². The van der Waals surface area contributed by atoms with E-state index in [4.69, 9.17) is 31.4 Å². The number of nitrogens with two attached hydrogens (primary N) is 3. The zero-order valence-electron chi connectivity index (χ0n) is 42.6. The molecule has 1 rings (SSSR count). The average Bonchev–Trinajstić information content (AvgIpc) is 3.33. The molecule has 18 N–H and O–H groups in total. The molecular formula is C46H74N11O17S+. The molecule has 8 amide bonds. The number of guanidine groups is 1. The third-order valence-corrected chi connectivity index (χ3v) is 11.0. The van der Waals surface area contributed by atoms with E-state index >= 15 is 0 Å². The van der Waals surface area contributed by atoms with Gasteiger partial charge in [-0.25, -0.2) is 4.79 Å². The minimum atomic E-state index is -1.73. The van der Waals surface area contributed by atoms with Crippen molar-refractivity contribution in [3.05, 3.63) is 28.3 Å². The van der Waals surface area contributed by atoms with Crippen LogP contribution >= 0.6 is 12.6 Å². The zero-order valence-corrected chi connectivity index (χ0v) is 43.5. The maximum atomic E-state index is 13.0. The molecule has 0 spiro atoms. The number of thiol groups is 1. The van der Waals surface area contributed by atoms with E-state index in [-0.39, 0.29) is 94.4 Å². The number of carbonyl (C=O) groups excluding carboxylic acids is 9. The first kappa shape index (κ1) is 65.6. The van der Waals surface area contributed by atoms with Crippen LogP contribution < -0.4 is 59.4 Å². The molecule has 0 saturated carbocycles. The Kier molecular flexibility index (Phi) is 30.5. The van der Waals surface area contributed by atoms with Gasteiger partial charge in [0.15, 0.2) is 0 Å². The number of hydrogen-bond acceptors (Lipinski definition) is 17. The molecule has 29 heteroatoms. The summed E-state index contributed by atoms with van der Waals surface area (Å²) in [4.78, 5) is 126. The number of primary amides is 1. The van der Waals surface area contributed by atoms with Gasteiger partial charge in [0.1, 0.15) is 29.6 Å². The first-order chi connectivity index (χ1) is 35.3. The number of carbonyl (C=O) groups is 10. The number of phenols is 2. The zero-order chi connectivity index (χ0) is 56.7. The van der Waals surface area contributed by atoms with Gasteiger partial charge in [-0.1, -0.05) is 13.8 Å². The number of nitrogens with one attached hydrogen (secondary N) is 8. The van der Waals surface area contributed by atoms with Crippen LogP contribution in [0.1, 0.15) is 87.5 Å². The number of carboxylic acid groups (broad SMARTS) is 1. The molecule has 28 nitrogen and oxygen atoms in total. The van der Waals surface area contributed by atoms with Gasteiger partial charge < -0.3 is 77.6 Å². The molecule has 0 saturated heterocycles. The van der Waals surface area contributed by atoms with Gasteiger partial charge in [0.2, 0.25) is 41.4 Å². The van der Waals surface area contributed by atoms with Crippen LogP contribution in [0.5, 0.6) is 11.5 Å². The Morgan fingerprint density at radius 1 is 0.720 bits per heavy atom. The van der Waals surface area contributed by atoms with Crippen molar-refractivity contribution in [2.45, 2.75) is 103 Å². The highest BCUT2D eigenvalue weighted by Gasteiger charge is 2.33. The van der Waals surface area contributed by atoms with Crippen LogP contribution in [0.25, 0.3) is 6.08 Å². The predicted molar refractivity (Wildman–Crippen MR) is 271 cm³/mol. The Morgan fingerprint density at radius 2 is 1.37 bits per heavy atom. The van der Waals surface area contributed by atoms with Gasteiger partial charge in [0.25, 0.3) is 0 Å². The maximum Gasteiger partial charge on any atom is 0.407 e. The Bertz CT molecular complexity index is 2180. The number of aliphatic carboxylic acids is 1. The fourth-order valence-electron chi connectivity index (χ4n) is 6.88. The molecule has 0 radical (unpaired) electrons. The van der Waals surface area contributed by atoms with E-state index < -0.39 is 109 Å². The van der Waals surface area contributed by atoms with Gasteiger partial charge in [-0.3, -0.25) is 59.6 Å². The molecular weight excluding hydrogens is 1010 g/mol. The smallest absolute Gasteiger partial charge is 0.407 e. The first-order valence-electron chi connectivity index (χ1n) is 23.8. The Morgan fingerprint density at radius 3 is 2.00 bits per heavy atom. The predicted octanol–water partition coefficient (Wildman–Crippen LogP) is -4.94. The second-order valence-corrected chi connectivity index (χ2v) is 17.8. The summed E-state index contributed by atoms with van der Waals surface area (Å²) in [5, 5.41) is 57.0. The number of hydrogen-bond donors (Lipinski definition) is 16. The van der Waals surface area contributed by atoms with Crippen LogP contribution in [0.4, 0.5) is 4.79 Å². The summed E-state index contributed by atoms with van der Waals surface area (Å²) in [6.45, 7) is 5.41. The number of carboxylic acids is 1. The van der Waals surface area contributed by atoms with Gasteiger partial charge in [-0.05, 0) is 56.9 Å². The molecule has 0 fully saturated rings. The van der Waals surface area contributed by atoms with E-state index in [1.165, 1.54) is 12.2 Å². The number of esters is 1. The number of phenolic OH excluding ortho intramolecular Hbond substituents is 2. The Hall–Kier alpha value is -7.40. The topological polar surface area (TPSA) is 456 Å². The second-order valence-electron chi connectivity index (χ2n) is 17.4. The third kappa shape index (κ3) is 26.4. The lowest BCUT2D eigenvalue weighted by atomic mass is 9.76. The van der Waals surface area contributed by atoms with E-state index in [2.05, 4.69) is 49.5 Å². The van der Waals surface area contributed by atoms with Crippen molar-refractivity contribution < 1.29 is 87.6 Å². The molecule has 0 aliphatic carbocycles. The third-order valence-electron chi connectivity index (χ3n) is 10.7. The fourth-order valence-corrected chi connectivity index (χ4v) is 7.00. The first-order valence-corrected chi connectivity index (χ1v) is 24.4. The number of amides is 8. The number of aliphatic hydroxyl groups excluding tert-OH is 1. The number of aromatic hydroxyl groups is 2. The lowest BCUT2D eigenvalue weighted by molar-refractivity contribution is -0.459. The number of benzene rings is 1. The number of ether oxygens (including phenoxy) is 3. The van der Waals surface area contributed by atoms with Crippen LogP contribution in [0.15, 0.2) is 6.08 Å². The molecule has 1 aromatic carbocycles. The molecule has 3 unspecified atom stereocenters. The van der Waals surface area contributed by atoms with Gasteiger partial charge in [-0.15, -0.1) is 0 Å². The summed E-state index contributed by atoms with van der Waals surface area (Å²) in [7, 11) is 0. The van der Waals surface area contributed by atoms with Crippen LogP contribution in [0.3, 0.4) is 0 Å². The number of aliphatic hydroxyl groups is 1. The quantitative estimate of drug-likeness (QED) is 0.00569. The Balaban J connectivity index is 2.57. The molecule has 0 aromatic heterocycles. The van der Waals surface area contributed by atoms with Gasteiger partial charge in [0.05, 0.1) is 58.9 Å². The Labute approximate surface area is 438 Å². The van der Waals surface area contributed by atoms with Gasteiger partial charge in [0, 0.05) is 60.7 Å². The van der Waals surface area contributed by atoms with Crippen LogP contribution in [0, 0.1) is 13.8 Å². The summed E-state index contributed by atoms with van der Waals surface area (Å²) >= 11 is 4.11. The number of alkyl carbamates (subject to hydrolysis) is 1. The van der Waals surface area contributed by atoms with Crippen molar-refractivity contribution in [2.75, 3.05) is 71.5 Å². The van der Waals surface area contributed by atoms with E-state index in [0.717, 1.165) is 6.42 Å². The van der Waals surface area contributed by atoms with Crippen molar-refractivity contribution in [1.29, 1.82) is 0 Å². The largest absolute Gasteiger partial charge is 0.507 e. The maximum absolute atomic E-state index is 13.0. The van der Waals surface area contributed by atoms with Crippen molar-refractivity contribution >= 4 is 84.0 Å². The van der Waals surface area contributed by atoms with Gasteiger partial charge in [-0.2, -0.15) is 12.6 Å². The van der Waals surface area contributed by atoms with Crippen LogP contribution in [-0.4, -0.2) is 175 Å². The van der Waals surface area contributed by atoms with Crippen molar-refractivity contribution in [1.82, 2.24) is 37.2 Å².